The Morgan fingerprint density at radius 1 is 0.429 bits per heavy atom. The van der Waals surface area contributed by atoms with Gasteiger partial charge in [-0.25, -0.2) is 0 Å². The van der Waals surface area contributed by atoms with E-state index in [1.54, 1.807) is 0 Å². The van der Waals surface area contributed by atoms with Crippen molar-refractivity contribution in [3.8, 4) is 0 Å². The average molecular weight is 633 g/mol. The third-order valence-corrected chi connectivity index (χ3v) is 0. The number of rotatable bonds is 0. The minimum atomic E-state index is 0. The average Bonchev–Trinajstić information content (AvgIpc) is 0. The van der Waals surface area contributed by atoms with Crippen LogP contribution in [0, 0.1) is 0 Å². The van der Waals surface area contributed by atoms with Crippen LogP contribution in [0.5, 0.6) is 0 Å². The standard InChI is InChI=1S/Bi.5BrH.Mg/h;5*1H;/q+3;;;;;;+2/p-5. The van der Waals surface area contributed by atoms with Gasteiger partial charge in [-0.15, -0.1) is 0 Å². The molecule has 0 amide bonds. The predicted molar refractivity (Wildman–Crippen MR) is 11.5 cm³/mol. The van der Waals surface area contributed by atoms with Crippen LogP contribution in [-0.4, -0.2) is 49.3 Å². The third kappa shape index (κ3) is 39.7. The molecule has 0 aromatic carbocycles. The summed E-state index contributed by atoms with van der Waals surface area (Å²) in [7, 11) is 0. The van der Waals surface area contributed by atoms with E-state index in [-0.39, 0.29) is 134 Å². The zero-order valence-electron chi connectivity index (χ0n) is 3.04. The van der Waals surface area contributed by atoms with Gasteiger partial charge in [-0.2, -0.15) is 0 Å². The second kappa shape index (κ2) is 50.2. The van der Waals surface area contributed by atoms with Crippen molar-refractivity contribution >= 4 is 49.3 Å². The molecule has 0 N–H and O–H groups in total. The van der Waals surface area contributed by atoms with Crippen LogP contribution in [0.4, 0.5) is 0 Å². The molecule has 0 spiro atoms. The number of hydrogen-bond acceptors (Lipinski definition) is 0. The molecule has 0 saturated heterocycles. The van der Waals surface area contributed by atoms with Crippen LogP contribution in [0.25, 0.3) is 0 Å². The Hall–Kier alpha value is 4.05. The summed E-state index contributed by atoms with van der Waals surface area (Å²) < 4.78 is 0. The Labute approximate surface area is 131 Å². The van der Waals surface area contributed by atoms with Gasteiger partial charge in [0.05, 0.1) is 0 Å². The van der Waals surface area contributed by atoms with Gasteiger partial charge in [-0.05, 0) is 0 Å². The Kier molecular flexibility index (Phi) is 488. The van der Waals surface area contributed by atoms with Crippen LogP contribution < -0.4 is 84.9 Å². The smallest absolute Gasteiger partial charge is 1.00 e. The molecule has 2 radical (unpaired) electrons. The Morgan fingerprint density at radius 2 is 0.429 bits per heavy atom. The topological polar surface area (TPSA) is 0 Å². The van der Waals surface area contributed by atoms with E-state index < -0.39 is 0 Å². The molecule has 0 heterocycles. The largest absolute Gasteiger partial charge is 3.00 e. The summed E-state index contributed by atoms with van der Waals surface area (Å²) >= 11 is 0. The molecule has 0 bridgehead atoms. The summed E-state index contributed by atoms with van der Waals surface area (Å²) in [4.78, 5) is 0. The van der Waals surface area contributed by atoms with Gasteiger partial charge >= 0.3 is 49.3 Å². The summed E-state index contributed by atoms with van der Waals surface area (Å²) in [5.41, 5.74) is 0. The van der Waals surface area contributed by atoms with E-state index in [1.807, 2.05) is 0 Å². The summed E-state index contributed by atoms with van der Waals surface area (Å²) in [6.45, 7) is 0. The minimum Gasteiger partial charge on any atom is -1.00 e. The van der Waals surface area contributed by atoms with E-state index in [0.717, 1.165) is 0 Å². The van der Waals surface area contributed by atoms with Crippen molar-refractivity contribution in [1.29, 1.82) is 0 Å². The van der Waals surface area contributed by atoms with E-state index in [2.05, 4.69) is 0 Å². The first kappa shape index (κ1) is 68.1. The summed E-state index contributed by atoms with van der Waals surface area (Å²) in [5, 5.41) is 0. The van der Waals surface area contributed by atoms with Gasteiger partial charge in [0.2, 0.25) is 0 Å². The van der Waals surface area contributed by atoms with E-state index in [9.17, 15) is 0 Å². The summed E-state index contributed by atoms with van der Waals surface area (Å²) in [6.07, 6.45) is 0. The van der Waals surface area contributed by atoms with Gasteiger partial charge in [-0.3, -0.25) is 0 Å². The summed E-state index contributed by atoms with van der Waals surface area (Å²) in [5.74, 6) is 0. The van der Waals surface area contributed by atoms with Gasteiger partial charge in [0, 0.05) is 0 Å². The fraction of sp³-hybridized carbons (Fsp3) is 0. The molecule has 0 rings (SSSR count). The van der Waals surface area contributed by atoms with Crippen molar-refractivity contribution in [3.05, 3.63) is 0 Å². The fourth-order valence-electron chi connectivity index (χ4n) is 0. The molecular weight excluding hydrogens is 633 g/mol. The molecule has 0 aliphatic carbocycles. The van der Waals surface area contributed by atoms with Crippen molar-refractivity contribution in [3.63, 3.8) is 0 Å². The van der Waals surface area contributed by atoms with Gasteiger partial charge in [0.15, 0.2) is 0 Å². The molecule has 0 atom stereocenters. The van der Waals surface area contributed by atoms with E-state index in [4.69, 9.17) is 0 Å². The molecular formula is BiBr5Mg. The zero-order chi connectivity index (χ0) is 0. The van der Waals surface area contributed by atoms with Crippen LogP contribution in [-0.2, 0) is 0 Å². The second-order valence-corrected chi connectivity index (χ2v) is 0. The van der Waals surface area contributed by atoms with E-state index in [0.29, 0.717) is 0 Å². The SMILES string of the molecule is [Bi+3].[Br-].[Br-].[Br-].[Br-].[Br-].[Mg+2]. The second-order valence-electron chi connectivity index (χ2n) is 0. The van der Waals surface area contributed by atoms with Crippen LogP contribution in [0.3, 0.4) is 0 Å². The molecule has 0 aliphatic heterocycles. The van der Waals surface area contributed by atoms with E-state index in [1.165, 1.54) is 0 Å². The molecule has 42 valence electrons. The van der Waals surface area contributed by atoms with Crippen molar-refractivity contribution in [1.82, 2.24) is 0 Å². The third-order valence-electron chi connectivity index (χ3n) is 0. The van der Waals surface area contributed by atoms with Crippen LogP contribution in [0.15, 0.2) is 0 Å². The molecule has 0 nitrogen and oxygen atoms in total. The molecule has 0 fully saturated rings. The Bertz CT molecular complexity index is 8.04. The molecule has 0 aromatic heterocycles. The molecule has 0 unspecified atom stereocenters. The summed E-state index contributed by atoms with van der Waals surface area (Å²) in [6, 6.07) is 0. The normalized spacial score (nSPS) is 0. The maximum atomic E-state index is 0. The minimum absolute atomic E-state index is 0. The quantitative estimate of drug-likeness (QED) is 0.233. The van der Waals surface area contributed by atoms with Crippen LogP contribution in [0.1, 0.15) is 0 Å². The molecule has 0 saturated carbocycles. The first-order chi connectivity index (χ1) is 0. The van der Waals surface area contributed by atoms with Crippen molar-refractivity contribution in [2.75, 3.05) is 0 Å². The molecule has 0 aromatic rings. The number of hydrogen-bond donors (Lipinski definition) is 0. The van der Waals surface area contributed by atoms with Gasteiger partial charge in [0.25, 0.3) is 0 Å². The van der Waals surface area contributed by atoms with Crippen molar-refractivity contribution < 1.29 is 84.9 Å². The zero-order valence-corrected chi connectivity index (χ0v) is 15.9. The maximum absolute atomic E-state index is 0. The predicted octanol–water partition coefficient (Wildman–Crippen LogP) is -15.7. The van der Waals surface area contributed by atoms with Crippen molar-refractivity contribution in [2.45, 2.75) is 0 Å². The van der Waals surface area contributed by atoms with Crippen LogP contribution >= 0.6 is 0 Å². The monoisotopic (exact) mass is 628 g/mol. The Balaban J connectivity index is 0. The molecule has 7 heavy (non-hydrogen) atoms. The van der Waals surface area contributed by atoms with Crippen LogP contribution in [0.2, 0.25) is 0 Å². The van der Waals surface area contributed by atoms with E-state index >= 15 is 0 Å². The first-order valence-electron chi connectivity index (χ1n) is 0. The first-order valence-corrected chi connectivity index (χ1v) is 0. The molecule has 7 heteroatoms. The Morgan fingerprint density at radius 3 is 0.429 bits per heavy atom. The maximum Gasteiger partial charge on any atom is 3.00 e. The van der Waals surface area contributed by atoms with Gasteiger partial charge in [-0.1, -0.05) is 0 Å². The molecule has 0 aliphatic rings. The van der Waals surface area contributed by atoms with Gasteiger partial charge < -0.3 is 84.9 Å². The number of halogens is 5. The van der Waals surface area contributed by atoms with Gasteiger partial charge in [0.1, 0.15) is 0 Å². The fourth-order valence-corrected chi connectivity index (χ4v) is 0. The van der Waals surface area contributed by atoms with Crippen molar-refractivity contribution in [2.24, 2.45) is 0 Å².